The molecule has 0 fully saturated rings. The number of carboxylic acid groups (broad SMARTS) is 1. The molecule has 0 aliphatic rings. The number of hydrogen-bond donors (Lipinski definition) is 1. The predicted molar refractivity (Wildman–Crippen MR) is 79.9 cm³/mol. The van der Waals surface area contributed by atoms with Crippen molar-refractivity contribution < 1.29 is 19.4 Å². The third kappa shape index (κ3) is 4.16. The first-order chi connectivity index (χ1) is 9.87. The molecule has 0 amide bonds. The van der Waals surface area contributed by atoms with Gasteiger partial charge in [0.15, 0.2) is 0 Å². The number of aromatic carboxylic acids is 1. The van der Waals surface area contributed by atoms with Gasteiger partial charge >= 0.3 is 5.97 Å². The van der Waals surface area contributed by atoms with Gasteiger partial charge in [-0.05, 0) is 39.0 Å². The van der Waals surface area contributed by atoms with E-state index in [4.69, 9.17) is 14.6 Å². The van der Waals surface area contributed by atoms with Gasteiger partial charge in [0.2, 0.25) is 5.88 Å². The molecule has 1 N–H and O–H groups in total. The van der Waals surface area contributed by atoms with Gasteiger partial charge in [-0.2, -0.15) is 0 Å². The zero-order valence-corrected chi connectivity index (χ0v) is 12.4. The molecule has 1 aromatic carbocycles. The van der Waals surface area contributed by atoms with Crippen molar-refractivity contribution in [1.82, 2.24) is 4.98 Å². The fourth-order valence-electron chi connectivity index (χ4n) is 1.90. The molecule has 0 saturated heterocycles. The minimum absolute atomic E-state index is 0.198. The number of ether oxygens (including phenoxy) is 2. The molecule has 0 aliphatic heterocycles. The Morgan fingerprint density at radius 1 is 1.19 bits per heavy atom. The second kappa shape index (κ2) is 6.10. The summed E-state index contributed by atoms with van der Waals surface area (Å²) >= 11 is 0. The molecule has 0 radical (unpaired) electrons. The summed E-state index contributed by atoms with van der Waals surface area (Å²) in [5.41, 5.74) is 0.642. The normalized spacial score (nSPS) is 11.6. The van der Waals surface area contributed by atoms with Crippen molar-refractivity contribution in [1.29, 1.82) is 0 Å². The Kier molecular flexibility index (Phi) is 4.43. The monoisotopic (exact) mass is 289 g/mol. The van der Waals surface area contributed by atoms with Crippen LogP contribution >= 0.6 is 0 Å². The SMILES string of the molecule is CC(C)(C)OCCOc1ccc2c(C(=O)O)cccc2n1. The quantitative estimate of drug-likeness (QED) is 0.856. The van der Waals surface area contributed by atoms with E-state index in [1.165, 1.54) is 0 Å². The Morgan fingerprint density at radius 3 is 2.62 bits per heavy atom. The Morgan fingerprint density at radius 2 is 1.95 bits per heavy atom. The summed E-state index contributed by atoms with van der Waals surface area (Å²) in [5.74, 6) is -0.503. The van der Waals surface area contributed by atoms with Crippen LogP contribution in [0, 0.1) is 0 Å². The van der Waals surface area contributed by atoms with Crippen molar-refractivity contribution in [3.05, 3.63) is 35.9 Å². The molecule has 0 spiro atoms. The van der Waals surface area contributed by atoms with Crippen LogP contribution in [0.15, 0.2) is 30.3 Å². The summed E-state index contributed by atoms with van der Waals surface area (Å²) in [6.07, 6.45) is 0. The number of benzene rings is 1. The highest BCUT2D eigenvalue weighted by Gasteiger charge is 2.11. The second-order valence-corrected chi connectivity index (χ2v) is 5.64. The van der Waals surface area contributed by atoms with Crippen LogP contribution in [0.5, 0.6) is 5.88 Å². The standard InChI is InChI=1S/C16H19NO4/c1-16(2,3)21-10-9-20-14-8-7-11-12(15(18)19)5-4-6-13(11)17-14/h4-8H,9-10H2,1-3H3,(H,18,19). The molecule has 0 atom stereocenters. The van der Waals surface area contributed by atoms with Gasteiger partial charge in [0, 0.05) is 11.5 Å². The molecule has 2 rings (SSSR count). The zero-order chi connectivity index (χ0) is 15.5. The van der Waals surface area contributed by atoms with E-state index in [0.717, 1.165) is 0 Å². The van der Waals surface area contributed by atoms with Crippen LogP contribution in [0.4, 0.5) is 0 Å². The maximum absolute atomic E-state index is 11.1. The number of carbonyl (C=O) groups is 1. The number of carboxylic acids is 1. The van der Waals surface area contributed by atoms with Crippen molar-refractivity contribution >= 4 is 16.9 Å². The molecular formula is C16H19NO4. The van der Waals surface area contributed by atoms with Gasteiger partial charge in [0.05, 0.1) is 23.3 Å². The highest BCUT2D eigenvalue weighted by molar-refractivity contribution is 6.02. The number of nitrogens with zero attached hydrogens (tertiary/aromatic N) is 1. The number of fused-ring (bicyclic) bond motifs is 1. The lowest BCUT2D eigenvalue weighted by atomic mass is 10.1. The zero-order valence-electron chi connectivity index (χ0n) is 12.4. The van der Waals surface area contributed by atoms with E-state index >= 15 is 0 Å². The van der Waals surface area contributed by atoms with Crippen molar-refractivity contribution in [2.45, 2.75) is 26.4 Å². The van der Waals surface area contributed by atoms with Crippen LogP contribution in [-0.2, 0) is 4.74 Å². The van der Waals surface area contributed by atoms with Gasteiger partial charge in [0.25, 0.3) is 0 Å². The molecule has 21 heavy (non-hydrogen) atoms. The molecule has 0 bridgehead atoms. The summed E-state index contributed by atoms with van der Waals surface area (Å²) in [6, 6.07) is 8.38. The first-order valence-corrected chi connectivity index (χ1v) is 6.77. The third-order valence-electron chi connectivity index (χ3n) is 2.81. The number of aromatic nitrogens is 1. The van der Waals surface area contributed by atoms with E-state index in [0.29, 0.717) is 30.0 Å². The molecule has 5 heteroatoms. The molecular weight excluding hydrogens is 270 g/mol. The Balaban J connectivity index is 2.08. The van der Waals surface area contributed by atoms with Gasteiger partial charge in [0.1, 0.15) is 6.61 Å². The predicted octanol–water partition coefficient (Wildman–Crippen LogP) is 3.13. The average molecular weight is 289 g/mol. The number of pyridine rings is 1. The van der Waals surface area contributed by atoms with Crippen LogP contribution in [-0.4, -0.2) is 34.9 Å². The second-order valence-electron chi connectivity index (χ2n) is 5.64. The molecule has 0 aliphatic carbocycles. The van der Waals surface area contributed by atoms with Crippen LogP contribution in [0.2, 0.25) is 0 Å². The lowest BCUT2D eigenvalue weighted by Gasteiger charge is -2.19. The molecule has 0 unspecified atom stereocenters. The lowest BCUT2D eigenvalue weighted by Crippen LogP contribution is -2.22. The topological polar surface area (TPSA) is 68.7 Å². The fraction of sp³-hybridized carbons (Fsp3) is 0.375. The van der Waals surface area contributed by atoms with Gasteiger partial charge < -0.3 is 14.6 Å². The number of rotatable bonds is 5. The van der Waals surface area contributed by atoms with Gasteiger partial charge in [-0.3, -0.25) is 0 Å². The maximum Gasteiger partial charge on any atom is 0.336 e. The van der Waals surface area contributed by atoms with E-state index in [1.807, 2.05) is 20.8 Å². The average Bonchev–Trinajstić information content (AvgIpc) is 2.41. The van der Waals surface area contributed by atoms with E-state index in [2.05, 4.69) is 4.98 Å². The van der Waals surface area contributed by atoms with Crippen LogP contribution in [0.25, 0.3) is 10.9 Å². The lowest BCUT2D eigenvalue weighted by molar-refractivity contribution is -0.0167. The Hall–Kier alpha value is -2.14. The van der Waals surface area contributed by atoms with Gasteiger partial charge in [-0.15, -0.1) is 0 Å². The summed E-state index contributed by atoms with van der Waals surface area (Å²) < 4.78 is 11.1. The largest absolute Gasteiger partial charge is 0.478 e. The van der Waals surface area contributed by atoms with E-state index in [1.54, 1.807) is 30.3 Å². The summed E-state index contributed by atoms with van der Waals surface area (Å²) in [6.45, 7) is 6.81. The third-order valence-corrected chi connectivity index (χ3v) is 2.81. The van der Waals surface area contributed by atoms with E-state index in [9.17, 15) is 4.79 Å². The summed E-state index contributed by atoms with van der Waals surface area (Å²) in [4.78, 5) is 15.4. The smallest absolute Gasteiger partial charge is 0.336 e. The van der Waals surface area contributed by atoms with E-state index in [-0.39, 0.29) is 11.2 Å². The van der Waals surface area contributed by atoms with Crippen LogP contribution in [0.3, 0.4) is 0 Å². The molecule has 2 aromatic rings. The highest BCUT2D eigenvalue weighted by Crippen LogP contribution is 2.20. The molecule has 1 aromatic heterocycles. The first kappa shape index (κ1) is 15.3. The Labute approximate surface area is 123 Å². The first-order valence-electron chi connectivity index (χ1n) is 6.77. The van der Waals surface area contributed by atoms with Crippen LogP contribution < -0.4 is 4.74 Å². The summed E-state index contributed by atoms with van der Waals surface area (Å²) in [7, 11) is 0. The number of hydrogen-bond acceptors (Lipinski definition) is 4. The van der Waals surface area contributed by atoms with Crippen molar-refractivity contribution in [2.24, 2.45) is 0 Å². The maximum atomic E-state index is 11.1. The van der Waals surface area contributed by atoms with Crippen molar-refractivity contribution in [3.63, 3.8) is 0 Å². The van der Waals surface area contributed by atoms with Crippen molar-refractivity contribution in [3.8, 4) is 5.88 Å². The Bertz CT molecular complexity index is 646. The van der Waals surface area contributed by atoms with Crippen molar-refractivity contribution in [2.75, 3.05) is 13.2 Å². The molecule has 0 saturated carbocycles. The highest BCUT2D eigenvalue weighted by atomic mass is 16.5. The van der Waals surface area contributed by atoms with E-state index < -0.39 is 5.97 Å². The van der Waals surface area contributed by atoms with Crippen LogP contribution in [0.1, 0.15) is 31.1 Å². The fourth-order valence-corrected chi connectivity index (χ4v) is 1.90. The van der Waals surface area contributed by atoms with Gasteiger partial charge in [-0.25, -0.2) is 9.78 Å². The summed E-state index contributed by atoms with van der Waals surface area (Å²) in [5, 5.41) is 9.73. The molecule has 112 valence electrons. The minimum Gasteiger partial charge on any atom is -0.478 e. The molecule has 5 nitrogen and oxygen atoms in total. The van der Waals surface area contributed by atoms with Gasteiger partial charge in [-0.1, -0.05) is 6.07 Å². The molecule has 1 heterocycles. The minimum atomic E-state index is -0.963.